The molecule has 0 aliphatic rings. The van der Waals surface area contributed by atoms with E-state index in [0.717, 1.165) is 11.1 Å². The molecule has 3 aromatic carbocycles. The highest BCUT2D eigenvalue weighted by molar-refractivity contribution is 7.58. The van der Waals surface area contributed by atoms with Crippen LogP contribution in [0.1, 0.15) is 23.8 Å². The molecule has 4 aromatic rings. The molecule has 0 radical (unpaired) electrons. The average molecular weight is 634 g/mol. The molecule has 2 amide bonds. The van der Waals surface area contributed by atoms with Crippen molar-refractivity contribution in [3.05, 3.63) is 114 Å². The lowest BCUT2D eigenvalue weighted by Gasteiger charge is -2.27. The first-order valence-electron chi connectivity index (χ1n) is 14.4. The van der Waals surface area contributed by atoms with Crippen molar-refractivity contribution in [1.82, 2.24) is 15.8 Å². The van der Waals surface area contributed by atoms with E-state index < -0.39 is 49.2 Å². The molecule has 236 valence electrons. The first kappa shape index (κ1) is 33.2. The van der Waals surface area contributed by atoms with Gasteiger partial charge in [-0.2, -0.15) is 0 Å². The number of methoxy groups -OCH3 is 1. The van der Waals surface area contributed by atoms with E-state index in [1.165, 1.54) is 14.0 Å². The van der Waals surface area contributed by atoms with Crippen molar-refractivity contribution in [3.63, 3.8) is 0 Å². The molecule has 1 heterocycles. The van der Waals surface area contributed by atoms with Gasteiger partial charge >= 0.3 is 12.1 Å². The van der Waals surface area contributed by atoms with Crippen LogP contribution in [0.15, 0.2) is 102 Å². The summed E-state index contributed by atoms with van der Waals surface area (Å²) >= 11 is 0. The molecule has 3 N–H and O–H groups in total. The molecule has 0 fully saturated rings. The number of alkyl carbamates (subject to hydrolysis) is 1. The Kier molecular flexibility index (Phi) is 11.7. The number of benzene rings is 3. The van der Waals surface area contributed by atoms with Crippen molar-refractivity contribution < 1.29 is 37.8 Å². The maximum Gasteiger partial charge on any atom is 0.408 e. The first-order chi connectivity index (χ1) is 21.6. The Balaban J connectivity index is 1.57. The summed E-state index contributed by atoms with van der Waals surface area (Å²) in [6.07, 6.45) is -1.51. The quantitative estimate of drug-likeness (QED) is 0.129. The molecule has 0 aliphatic heterocycles. The number of carbonyl (C=O) groups is 3. The van der Waals surface area contributed by atoms with Gasteiger partial charge in [0.1, 0.15) is 29.9 Å². The molecule has 0 aliphatic carbocycles. The van der Waals surface area contributed by atoms with Crippen LogP contribution in [0, 0.1) is 5.92 Å². The summed E-state index contributed by atoms with van der Waals surface area (Å²) in [6.45, 7) is 1.41. The van der Waals surface area contributed by atoms with Crippen LogP contribution in [-0.2, 0) is 43.1 Å². The van der Waals surface area contributed by atoms with Gasteiger partial charge in [0.25, 0.3) is 0 Å². The zero-order valence-corrected chi connectivity index (χ0v) is 25.9. The molecule has 45 heavy (non-hydrogen) atoms. The Morgan fingerprint density at radius 2 is 1.49 bits per heavy atom. The van der Waals surface area contributed by atoms with Gasteiger partial charge in [-0.25, -0.2) is 9.59 Å². The predicted octanol–water partition coefficient (Wildman–Crippen LogP) is 4.94. The van der Waals surface area contributed by atoms with Gasteiger partial charge in [0.05, 0.1) is 13.0 Å². The molecule has 11 nitrogen and oxygen atoms in total. The summed E-state index contributed by atoms with van der Waals surface area (Å²) in [6, 6.07) is 27.8. The van der Waals surface area contributed by atoms with Crippen LogP contribution in [0.25, 0.3) is 11.3 Å². The Bertz CT molecular complexity index is 1600. The second-order valence-electron chi connectivity index (χ2n) is 10.5. The number of carbonyl (C=O) groups excluding carboxylic acids is 3. The van der Waals surface area contributed by atoms with E-state index in [9.17, 15) is 23.8 Å². The first-order valence-corrected chi connectivity index (χ1v) is 16.3. The highest BCUT2D eigenvalue weighted by atomic mass is 31.2. The molecule has 0 saturated carbocycles. The van der Waals surface area contributed by atoms with E-state index in [1.807, 2.05) is 42.5 Å². The molecule has 12 heteroatoms. The number of ether oxygens (including phenoxy) is 2. The second kappa shape index (κ2) is 15.8. The lowest BCUT2D eigenvalue weighted by atomic mass is 10.0. The number of aromatic nitrogens is 1. The van der Waals surface area contributed by atoms with E-state index in [-0.39, 0.29) is 19.4 Å². The third-order valence-electron chi connectivity index (χ3n) is 7.10. The minimum Gasteiger partial charge on any atom is -0.467 e. The van der Waals surface area contributed by atoms with Gasteiger partial charge in [0.2, 0.25) is 13.3 Å². The Hall–Kier alpha value is -4.73. The van der Waals surface area contributed by atoms with Gasteiger partial charge in [-0.1, -0.05) is 96.2 Å². The van der Waals surface area contributed by atoms with Crippen molar-refractivity contribution in [3.8, 4) is 11.3 Å². The predicted molar refractivity (Wildman–Crippen MR) is 167 cm³/mol. The molecular formula is C33H36N3O8P. The van der Waals surface area contributed by atoms with E-state index in [4.69, 9.17) is 14.0 Å². The minimum absolute atomic E-state index is 0.00240. The van der Waals surface area contributed by atoms with Crippen LogP contribution < -0.4 is 10.6 Å². The fourth-order valence-corrected chi connectivity index (χ4v) is 6.66. The van der Waals surface area contributed by atoms with Gasteiger partial charge in [0, 0.05) is 30.6 Å². The highest BCUT2D eigenvalue weighted by Crippen LogP contribution is 2.48. The molecule has 4 atom stereocenters. The standard InChI is InChI=1S/C33H36N3O8P/c1-23(32(38)42-2)34-31(37)27(19-28-20-29(36-44-28)26-16-10-5-11-17-26)22-45(40,41)30(18-24-12-6-3-7-13-24)35-33(39)43-21-25-14-8-4-9-15-25/h3-17,20,23,27,30H,18-19,21-22H2,1-2H3,(H,34,37)(H,35,39)(H,40,41)/t23-,27+,30+/m0/s1. The maximum absolute atomic E-state index is 14.1. The topological polar surface area (TPSA) is 157 Å². The normalized spacial score (nSPS) is 14.3. The Morgan fingerprint density at radius 3 is 2.11 bits per heavy atom. The van der Waals surface area contributed by atoms with Crippen molar-refractivity contribution in [2.45, 2.75) is 38.2 Å². The van der Waals surface area contributed by atoms with Crippen molar-refractivity contribution in [1.29, 1.82) is 0 Å². The summed E-state index contributed by atoms with van der Waals surface area (Å²) in [5.41, 5.74) is 2.77. The van der Waals surface area contributed by atoms with Crippen LogP contribution in [-0.4, -0.2) is 53.1 Å². The van der Waals surface area contributed by atoms with Gasteiger partial charge in [-0.05, 0) is 18.1 Å². The van der Waals surface area contributed by atoms with Crippen LogP contribution >= 0.6 is 7.37 Å². The minimum atomic E-state index is -4.34. The van der Waals surface area contributed by atoms with Gasteiger partial charge < -0.3 is 29.5 Å². The number of hydrogen-bond acceptors (Lipinski definition) is 8. The smallest absolute Gasteiger partial charge is 0.408 e. The van der Waals surface area contributed by atoms with Crippen molar-refractivity contribution in [2.75, 3.05) is 13.3 Å². The summed E-state index contributed by atoms with van der Waals surface area (Å²) in [4.78, 5) is 49.9. The number of nitrogens with one attached hydrogen (secondary N) is 2. The molecule has 1 unspecified atom stereocenters. The van der Waals surface area contributed by atoms with Crippen LogP contribution in [0.2, 0.25) is 0 Å². The lowest BCUT2D eigenvalue weighted by Crippen LogP contribution is -2.44. The monoisotopic (exact) mass is 633 g/mol. The van der Waals surface area contributed by atoms with E-state index in [1.54, 1.807) is 54.6 Å². The molecule has 0 bridgehead atoms. The number of nitrogens with zero attached hydrogens (tertiary/aromatic N) is 1. The number of esters is 1. The Labute approximate surface area is 261 Å². The van der Waals surface area contributed by atoms with Gasteiger partial charge in [-0.15, -0.1) is 0 Å². The summed E-state index contributed by atoms with van der Waals surface area (Å²) in [7, 11) is -3.15. The molecule has 1 aromatic heterocycles. The number of amides is 2. The van der Waals surface area contributed by atoms with E-state index >= 15 is 0 Å². The van der Waals surface area contributed by atoms with Crippen molar-refractivity contribution in [2.24, 2.45) is 5.92 Å². The molecule has 4 rings (SSSR count). The molecule has 0 saturated heterocycles. The lowest BCUT2D eigenvalue weighted by molar-refractivity contribution is -0.144. The van der Waals surface area contributed by atoms with E-state index in [2.05, 4.69) is 15.8 Å². The number of hydrogen-bond donors (Lipinski definition) is 3. The zero-order valence-electron chi connectivity index (χ0n) is 25.0. The van der Waals surface area contributed by atoms with Gasteiger partial charge in [-0.3, -0.25) is 9.36 Å². The van der Waals surface area contributed by atoms with Crippen LogP contribution in [0.5, 0.6) is 0 Å². The molecular weight excluding hydrogens is 597 g/mol. The number of rotatable bonds is 14. The van der Waals surface area contributed by atoms with E-state index in [0.29, 0.717) is 17.0 Å². The van der Waals surface area contributed by atoms with Gasteiger partial charge in [0.15, 0.2) is 0 Å². The third-order valence-corrected chi connectivity index (χ3v) is 9.35. The van der Waals surface area contributed by atoms with Crippen LogP contribution in [0.3, 0.4) is 0 Å². The summed E-state index contributed by atoms with van der Waals surface area (Å²) < 4.78 is 29.7. The van der Waals surface area contributed by atoms with Crippen LogP contribution in [0.4, 0.5) is 4.79 Å². The maximum atomic E-state index is 14.1. The average Bonchev–Trinajstić information content (AvgIpc) is 3.52. The zero-order chi connectivity index (χ0) is 32.2. The Morgan fingerprint density at radius 1 is 0.889 bits per heavy atom. The summed E-state index contributed by atoms with van der Waals surface area (Å²) in [5, 5.41) is 9.21. The second-order valence-corrected chi connectivity index (χ2v) is 13.0. The fraction of sp³-hybridized carbons (Fsp3) is 0.273. The molecule has 0 spiro atoms. The van der Waals surface area contributed by atoms with Crippen molar-refractivity contribution >= 4 is 25.3 Å². The SMILES string of the molecule is COC(=O)[C@H](C)NC(=O)[C@H](Cc1cc(-c2ccccc2)no1)CP(=O)(O)[C@H](Cc1ccccc1)NC(=O)OCc1ccccc1. The largest absolute Gasteiger partial charge is 0.467 e. The fourth-order valence-electron chi connectivity index (χ4n) is 4.68. The third kappa shape index (κ3) is 9.89. The summed E-state index contributed by atoms with van der Waals surface area (Å²) in [5.74, 6) is -3.46. The highest BCUT2D eigenvalue weighted by Gasteiger charge is 2.38.